The Morgan fingerprint density at radius 3 is 2.70 bits per heavy atom. The maximum atomic E-state index is 12.2. The number of amides is 1. The van der Waals surface area contributed by atoms with E-state index in [-0.39, 0.29) is 5.91 Å². The maximum absolute atomic E-state index is 12.2. The molecular formula is C15H16ClNO2S. The summed E-state index contributed by atoms with van der Waals surface area (Å²) in [6.45, 7) is 4.11. The summed E-state index contributed by atoms with van der Waals surface area (Å²) in [5, 5.41) is 3.32. The highest BCUT2D eigenvalue weighted by Gasteiger charge is 2.12. The Hall–Kier alpha value is -1.52. The molecule has 0 saturated heterocycles. The van der Waals surface area contributed by atoms with Crippen LogP contribution in [0.25, 0.3) is 0 Å². The summed E-state index contributed by atoms with van der Waals surface area (Å²) in [5.41, 5.74) is 1.82. The van der Waals surface area contributed by atoms with Gasteiger partial charge in [-0.25, -0.2) is 0 Å². The SMILES string of the molecule is CCc1sc(C(=O)Nc2ccc(OC)c(Cl)c2)cc1C. The van der Waals surface area contributed by atoms with Crippen molar-refractivity contribution in [2.75, 3.05) is 12.4 Å². The number of ether oxygens (including phenoxy) is 1. The molecule has 0 spiro atoms. The number of anilines is 1. The van der Waals surface area contributed by atoms with E-state index in [0.717, 1.165) is 12.0 Å². The molecule has 0 radical (unpaired) electrons. The summed E-state index contributed by atoms with van der Waals surface area (Å²) >= 11 is 7.57. The molecule has 3 nitrogen and oxygen atoms in total. The Morgan fingerprint density at radius 2 is 2.15 bits per heavy atom. The summed E-state index contributed by atoms with van der Waals surface area (Å²) in [5.74, 6) is 0.476. The highest BCUT2D eigenvalue weighted by molar-refractivity contribution is 7.14. The van der Waals surface area contributed by atoms with Gasteiger partial charge in [0, 0.05) is 10.6 Å². The zero-order valence-corrected chi connectivity index (χ0v) is 13.2. The van der Waals surface area contributed by atoms with Gasteiger partial charge in [0.2, 0.25) is 0 Å². The lowest BCUT2D eigenvalue weighted by Crippen LogP contribution is -2.10. The van der Waals surface area contributed by atoms with Crippen LogP contribution in [-0.2, 0) is 6.42 Å². The average molecular weight is 310 g/mol. The predicted octanol–water partition coefficient (Wildman–Crippen LogP) is 4.53. The number of hydrogen-bond donors (Lipinski definition) is 1. The van der Waals surface area contributed by atoms with Crippen LogP contribution in [0.4, 0.5) is 5.69 Å². The van der Waals surface area contributed by atoms with Crippen LogP contribution in [0.15, 0.2) is 24.3 Å². The number of carbonyl (C=O) groups excluding carboxylic acids is 1. The van der Waals surface area contributed by atoms with Crippen molar-refractivity contribution < 1.29 is 9.53 Å². The molecule has 1 aromatic carbocycles. The summed E-state index contributed by atoms with van der Waals surface area (Å²) in [4.78, 5) is 14.1. The minimum Gasteiger partial charge on any atom is -0.495 e. The van der Waals surface area contributed by atoms with Gasteiger partial charge in [0.25, 0.3) is 5.91 Å². The van der Waals surface area contributed by atoms with E-state index < -0.39 is 0 Å². The number of benzene rings is 1. The van der Waals surface area contributed by atoms with E-state index >= 15 is 0 Å². The zero-order valence-electron chi connectivity index (χ0n) is 11.6. The van der Waals surface area contributed by atoms with Crippen molar-refractivity contribution in [2.45, 2.75) is 20.3 Å². The molecule has 0 aliphatic carbocycles. The van der Waals surface area contributed by atoms with E-state index in [4.69, 9.17) is 16.3 Å². The van der Waals surface area contributed by atoms with Crippen molar-refractivity contribution in [2.24, 2.45) is 0 Å². The van der Waals surface area contributed by atoms with Gasteiger partial charge in [0.05, 0.1) is 17.0 Å². The summed E-state index contributed by atoms with van der Waals surface area (Å²) < 4.78 is 5.08. The maximum Gasteiger partial charge on any atom is 0.265 e. The van der Waals surface area contributed by atoms with Crippen molar-refractivity contribution in [1.82, 2.24) is 0 Å². The molecule has 0 aliphatic heterocycles. The molecule has 106 valence electrons. The number of methoxy groups -OCH3 is 1. The van der Waals surface area contributed by atoms with Gasteiger partial charge in [-0.15, -0.1) is 11.3 Å². The van der Waals surface area contributed by atoms with Crippen LogP contribution in [0.2, 0.25) is 5.02 Å². The van der Waals surface area contributed by atoms with E-state index in [2.05, 4.69) is 12.2 Å². The van der Waals surface area contributed by atoms with Gasteiger partial charge in [-0.3, -0.25) is 4.79 Å². The third-order valence-electron chi connectivity index (χ3n) is 2.98. The summed E-state index contributed by atoms with van der Waals surface area (Å²) in [6, 6.07) is 7.10. The second-order valence-corrected chi connectivity index (χ2v) is 5.92. The Morgan fingerprint density at radius 1 is 1.40 bits per heavy atom. The van der Waals surface area contributed by atoms with E-state index in [1.54, 1.807) is 25.3 Å². The molecule has 0 bridgehead atoms. The van der Waals surface area contributed by atoms with Crippen LogP contribution in [-0.4, -0.2) is 13.0 Å². The molecule has 5 heteroatoms. The fourth-order valence-electron chi connectivity index (χ4n) is 1.92. The van der Waals surface area contributed by atoms with E-state index in [9.17, 15) is 4.79 Å². The van der Waals surface area contributed by atoms with Crippen LogP contribution >= 0.6 is 22.9 Å². The molecule has 1 amide bonds. The lowest BCUT2D eigenvalue weighted by atomic mass is 10.2. The normalized spacial score (nSPS) is 10.4. The Balaban J connectivity index is 2.16. The van der Waals surface area contributed by atoms with Gasteiger partial charge in [-0.2, -0.15) is 0 Å². The number of hydrogen-bond acceptors (Lipinski definition) is 3. The minimum absolute atomic E-state index is 0.112. The number of rotatable bonds is 4. The number of aryl methyl sites for hydroxylation is 2. The second kappa shape index (κ2) is 6.29. The number of halogens is 1. The molecule has 0 unspecified atom stereocenters. The molecule has 0 aliphatic rings. The highest BCUT2D eigenvalue weighted by Crippen LogP contribution is 2.28. The lowest BCUT2D eigenvalue weighted by Gasteiger charge is -2.07. The predicted molar refractivity (Wildman–Crippen MR) is 84.4 cm³/mol. The summed E-state index contributed by atoms with van der Waals surface area (Å²) in [7, 11) is 1.56. The number of nitrogens with one attached hydrogen (secondary N) is 1. The first-order valence-electron chi connectivity index (χ1n) is 6.29. The first-order valence-corrected chi connectivity index (χ1v) is 7.48. The van der Waals surface area contributed by atoms with E-state index in [1.807, 2.05) is 13.0 Å². The third kappa shape index (κ3) is 3.14. The Labute approximate surface area is 127 Å². The Kier molecular flexibility index (Phi) is 4.68. The standard InChI is InChI=1S/C15H16ClNO2S/c1-4-13-9(2)7-14(20-13)15(18)17-10-5-6-12(19-3)11(16)8-10/h5-8H,4H2,1-3H3,(H,17,18). The third-order valence-corrected chi connectivity index (χ3v) is 4.65. The van der Waals surface area contributed by atoms with E-state index in [1.165, 1.54) is 16.2 Å². The monoisotopic (exact) mass is 309 g/mol. The molecule has 20 heavy (non-hydrogen) atoms. The molecule has 1 aromatic heterocycles. The molecule has 0 fully saturated rings. The van der Waals surface area contributed by atoms with Crippen LogP contribution in [0.5, 0.6) is 5.75 Å². The largest absolute Gasteiger partial charge is 0.495 e. The minimum atomic E-state index is -0.112. The van der Waals surface area contributed by atoms with Crippen molar-refractivity contribution in [1.29, 1.82) is 0 Å². The van der Waals surface area contributed by atoms with E-state index in [0.29, 0.717) is 21.3 Å². The van der Waals surface area contributed by atoms with Gasteiger partial charge < -0.3 is 10.1 Å². The quantitative estimate of drug-likeness (QED) is 0.901. The van der Waals surface area contributed by atoms with Crippen molar-refractivity contribution >= 4 is 34.5 Å². The summed E-state index contributed by atoms with van der Waals surface area (Å²) in [6.07, 6.45) is 0.943. The topological polar surface area (TPSA) is 38.3 Å². The zero-order chi connectivity index (χ0) is 14.7. The molecular weight excluding hydrogens is 294 g/mol. The van der Waals surface area contributed by atoms with Crippen molar-refractivity contribution in [3.8, 4) is 5.75 Å². The molecule has 2 rings (SSSR count). The first-order chi connectivity index (χ1) is 9.55. The second-order valence-electron chi connectivity index (χ2n) is 4.37. The lowest BCUT2D eigenvalue weighted by molar-refractivity contribution is 0.103. The molecule has 0 saturated carbocycles. The van der Waals surface area contributed by atoms with Gasteiger partial charge in [-0.1, -0.05) is 18.5 Å². The van der Waals surface area contributed by atoms with Gasteiger partial charge in [0.15, 0.2) is 0 Å². The van der Waals surface area contributed by atoms with Crippen molar-refractivity contribution in [3.63, 3.8) is 0 Å². The number of carbonyl (C=O) groups is 1. The molecule has 0 atom stereocenters. The molecule has 1 N–H and O–H groups in total. The highest BCUT2D eigenvalue weighted by atomic mass is 35.5. The average Bonchev–Trinajstić information content (AvgIpc) is 2.80. The Bertz CT molecular complexity index is 637. The van der Waals surface area contributed by atoms with Crippen LogP contribution in [0.3, 0.4) is 0 Å². The van der Waals surface area contributed by atoms with Gasteiger partial charge >= 0.3 is 0 Å². The fourth-order valence-corrected chi connectivity index (χ4v) is 3.19. The van der Waals surface area contributed by atoms with Crippen LogP contribution < -0.4 is 10.1 Å². The fraction of sp³-hybridized carbons (Fsp3) is 0.267. The van der Waals surface area contributed by atoms with Crippen molar-refractivity contribution in [3.05, 3.63) is 44.6 Å². The smallest absolute Gasteiger partial charge is 0.265 e. The van der Waals surface area contributed by atoms with Crippen LogP contribution in [0, 0.1) is 6.92 Å². The van der Waals surface area contributed by atoms with Gasteiger partial charge in [0.1, 0.15) is 5.75 Å². The number of thiophene rings is 1. The molecule has 1 heterocycles. The van der Waals surface area contributed by atoms with Gasteiger partial charge in [-0.05, 0) is 43.2 Å². The van der Waals surface area contributed by atoms with Crippen LogP contribution in [0.1, 0.15) is 27.0 Å². The first kappa shape index (κ1) is 14.9. The molecule has 2 aromatic rings.